The maximum atomic E-state index is 12.4. The molecule has 0 aliphatic carbocycles. The number of carbonyl (C=O) groups excluding carboxylic acids is 1. The van der Waals surface area contributed by atoms with Crippen molar-refractivity contribution in [3.05, 3.63) is 46.4 Å². The molecule has 1 aromatic rings. The van der Waals surface area contributed by atoms with Crippen molar-refractivity contribution in [1.82, 2.24) is 14.4 Å². The van der Waals surface area contributed by atoms with Crippen LogP contribution in [0.15, 0.2) is 35.1 Å². The maximum absolute atomic E-state index is 12.4. The normalized spacial score (nSPS) is 26.5. The third-order valence-corrected chi connectivity index (χ3v) is 6.10. The standard InChI is InChI=1S/C21H29N3O2/c25-20(23-11-3-1-2-4-12-23)9-6-10-22-14-17-13-18(16-22)19-7-5-8-21(26)24(19)15-17/h5-9,17-18H,1-4,10-16H2/b9-6+/t17-,18+/m0/s1. The molecule has 26 heavy (non-hydrogen) atoms. The Morgan fingerprint density at radius 3 is 2.69 bits per heavy atom. The van der Waals surface area contributed by atoms with E-state index in [0.717, 1.165) is 52.1 Å². The van der Waals surface area contributed by atoms with Crippen LogP contribution in [0.2, 0.25) is 0 Å². The largest absolute Gasteiger partial charge is 0.339 e. The maximum Gasteiger partial charge on any atom is 0.250 e. The Morgan fingerprint density at radius 2 is 1.88 bits per heavy atom. The molecule has 0 unspecified atom stereocenters. The summed E-state index contributed by atoms with van der Waals surface area (Å²) in [6.45, 7) is 5.45. The Kier molecular flexibility index (Phi) is 5.25. The summed E-state index contributed by atoms with van der Waals surface area (Å²) in [5, 5.41) is 0. The predicted molar refractivity (Wildman–Crippen MR) is 102 cm³/mol. The van der Waals surface area contributed by atoms with Crippen molar-refractivity contribution in [3.63, 3.8) is 0 Å². The fourth-order valence-corrected chi connectivity index (χ4v) is 4.84. The van der Waals surface area contributed by atoms with Crippen molar-refractivity contribution >= 4 is 5.91 Å². The molecule has 2 saturated heterocycles. The number of hydrogen-bond acceptors (Lipinski definition) is 3. The van der Waals surface area contributed by atoms with Crippen molar-refractivity contribution in [2.24, 2.45) is 5.92 Å². The Balaban J connectivity index is 1.35. The first-order chi connectivity index (χ1) is 12.7. The zero-order valence-corrected chi connectivity index (χ0v) is 15.5. The van der Waals surface area contributed by atoms with Crippen LogP contribution in [0.5, 0.6) is 0 Å². The second-order valence-electron chi connectivity index (χ2n) is 8.06. The summed E-state index contributed by atoms with van der Waals surface area (Å²) in [4.78, 5) is 28.9. The Hall–Kier alpha value is -1.88. The van der Waals surface area contributed by atoms with Crippen molar-refractivity contribution in [2.75, 3.05) is 32.7 Å². The van der Waals surface area contributed by atoms with Crippen LogP contribution >= 0.6 is 0 Å². The number of amides is 1. The van der Waals surface area contributed by atoms with Gasteiger partial charge in [-0.15, -0.1) is 0 Å². The molecule has 0 radical (unpaired) electrons. The molecule has 0 aromatic carbocycles. The average molecular weight is 355 g/mol. The minimum atomic E-state index is 0.133. The number of piperidine rings is 1. The van der Waals surface area contributed by atoms with Gasteiger partial charge in [0.05, 0.1) is 0 Å². The summed E-state index contributed by atoms with van der Waals surface area (Å²) in [5.74, 6) is 1.14. The molecule has 140 valence electrons. The fourth-order valence-electron chi connectivity index (χ4n) is 4.84. The summed E-state index contributed by atoms with van der Waals surface area (Å²) in [7, 11) is 0. The van der Waals surface area contributed by atoms with Gasteiger partial charge in [0, 0.05) is 63.0 Å². The first kappa shape index (κ1) is 17.5. The lowest BCUT2D eigenvalue weighted by Crippen LogP contribution is -2.47. The molecule has 5 heteroatoms. The van der Waals surface area contributed by atoms with Gasteiger partial charge in [-0.25, -0.2) is 0 Å². The lowest BCUT2D eigenvalue weighted by molar-refractivity contribution is -0.126. The number of aromatic nitrogens is 1. The van der Waals surface area contributed by atoms with E-state index in [4.69, 9.17) is 0 Å². The van der Waals surface area contributed by atoms with Gasteiger partial charge in [-0.3, -0.25) is 14.5 Å². The van der Waals surface area contributed by atoms with Gasteiger partial charge in [0.1, 0.15) is 0 Å². The average Bonchev–Trinajstić information content (AvgIpc) is 2.92. The highest BCUT2D eigenvalue weighted by atomic mass is 16.2. The van der Waals surface area contributed by atoms with Crippen molar-refractivity contribution < 1.29 is 4.79 Å². The van der Waals surface area contributed by atoms with Gasteiger partial charge in [-0.2, -0.15) is 0 Å². The second kappa shape index (κ2) is 7.78. The van der Waals surface area contributed by atoms with E-state index in [1.807, 2.05) is 21.6 Å². The highest BCUT2D eigenvalue weighted by Crippen LogP contribution is 2.34. The van der Waals surface area contributed by atoms with E-state index in [9.17, 15) is 9.59 Å². The van der Waals surface area contributed by atoms with Gasteiger partial charge < -0.3 is 9.47 Å². The number of likely N-dealkylation sites (tertiary alicyclic amines) is 2. The van der Waals surface area contributed by atoms with Gasteiger partial charge in [-0.05, 0) is 31.2 Å². The molecule has 1 aromatic heterocycles. The Bertz CT molecular complexity index is 731. The van der Waals surface area contributed by atoms with E-state index in [0.29, 0.717) is 11.8 Å². The van der Waals surface area contributed by atoms with Crippen LogP contribution < -0.4 is 5.56 Å². The molecule has 4 heterocycles. The number of nitrogens with zero attached hydrogens (tertiary/aromatic N) is 3. The lowest BCUT2D eigenvalue weighted by atomic mass is 9.83. The summed E-state index contributed by atoms with van der Waals surface area (Å²) >= 11 is 0. The molecule has 3 aliphatic rings. The molecule has 1 amide bonds. The highest BCUT2D eigenvalue weighted by Gasteiger charge is 2.33. The van der Waals surface area contributed by atoms with Crippen LogP contribution in [0, 0.1) is 5.92 Å². The number of hydrogen-bond donors (Lipinski definition) is 0. The zero-order valence-electron chi connectivity index (χ0n) is 15.5. The second-order valence-corrected chi connectivity index (χ2v) is 8.06. The molecule has 5 nitrogen and oxygen atoms in total. The van der Waals surface area contributed by atoms with Crippen LogP contribution in [0.3, 0.4) is 0 Å². The van der Waals surface area contributed by atoms with Gasteiger partial charge in [0.25, 0.3) is 5.56 Å². The number of rotatable bonds is 3. The van der Waals surface area contributed by atoms with Crippen LogP contribution in [0.1, 0.15) is 43.7 Å². The predicted octanol–water partition coefficient (Wildman–Crippen LogP) is 2.23. The van der Waals surface area contributed by atoms with E-state index < -0.39 is 0 Å². The molecule has 2 fully saturated rings. The topological polar surface area (TPSA) is 45.6 Å². The van der Waals surface area contributed by atoms with Gasteiger partial charge in [-0.1, -0.05) is 25.0 Å². The number of carbonyl (C=O) groups is 1. The van der Waals surface area contributed by atoms with Crippen molar-refractivity contribution in [2.45, 2.75) is 44.6 Å². The minimum absolute atomic E-state index is 0.133. The van der Waals surface area contributed by atoms with Gasteiger partial charge >= 0.3 is 0 Å². The SMILES string of the molecule is O=C(/C=C/CN1C[C@@H]2C[C@H](C1)c1cccc(=O)n1C2)N1CCCCCC1. The molecule has 0 N–H and O–H groups in total. The molecule has 4 rings (SSSR count). The number of fused-ring (bicyclic) bond motifs is 4. The lowest BCUT2D eigenvalue weighted by Gasteiger charge is -2.42. The van der Waals surface area contributed by atoms with E-state index in [1.54, 1.807) is 12.1 Å². The fraction of sp³-hybridized carbons (Fsp3) is 0.619. The summed E-state index contributed by atoms with van der Waals surface area (Å²) in [6.07, 6.45) is 9.74. The highest BCUT2D eigenvalue weighted by molar-refractivity contribution is 5.87. The van der Waals surface area contributed by atoms with Crippen LogP contribution in [-0.4, -0.2) is 53.0 Å². The van der Waals surface area contributed by atoms with E-state index in [-0.39, 0.29) is 11.5 Å². The smallest absolute Gasteiger partial charge is 0.250 e. The first-order valence-electron chi connectivity index (χ1n) is 10.1. The van der Waals surface area contributed by atoms with E-state index in [2.05, 4.69) is 11.0 Å². The van der Waals surface area contributed by atoms with Gasteiger partial charge in [0.2, 0.25) is 5.91 Å². The molecular weight excluding hydrogens is 326 g/mol. The summed E-state index contributed by atoms with van der Waals surface area (Å²) in [6, 6.07) is 5.65. The summed E-state index contributed by atoms with van der Waals surface area (Å²) in [5.41, 5.74) is 1.32. The minimum Gasteiger partial charge on any atom is -0.339 e. The monoisotopic (exact) mass is 355 g/mol. The third kappa shape index (κ3) is 3.78. The molecule has 3 aliphatic heterocycles. The van der Waals surface area contributed by atoms with E-state index >= 15 is 0 Å². The molecule has 0 spiro atoms. The molecular formula is C21H29N3O2. The Labute approximate surface area is 155 Å². The quantitative estimate of drug-likeness (QED) is 0.781. The third-order valence-electron chi connectivity index (χ3n) is 6.10. The van der Waals surface area contributed by atoms with Crippen LogP contribution in [-0.2, 0) is 11.3 Å². The van der Waals surface area contributed by atoms with Crippen molar-refractivity contribution in [3.8, 4) is 0 Å². The van der Waals surface area contributed by atoms with E-state index in [1.165, 1.54) is 25.0 Å². The van der Waals surface area contributed by atoms with Crippen molar-refractivity contribution in [1.29, 1.82) is 0 Å². The van der Waals surface area contributed by atoms with Gasteiger partial charge in [0.15, 0.2) is 0 Å². The molecule has 2 atom stereocenters. The number of pyridine rings is 1. The molecule has 2 bridgehead atoms. The van der Waals surface area contributed by atoms with Crippen LogP contribution in [0.4, 0.5) is 0 Å². The Morgan fingerprint density at radius 1 is 1.08 bits per heavy atom. The molecule has 0 saturated carbocycles. The van der Waals surface area contributed by atoms with Crippen LogP contribution in [0.25, 0.3) is 0 Å². The summed E-state index contributed by atoms with van der Waals surface area (Å²) < 4.78 is 1.97. The zero-order chi connectivity index (χ0) is 17.9. The first-order valence-corrected chi connectivity index (χ1v) is 10.1.